The Morgan fingerprint density at radius 1 is 1.06 bits per heavy atom. The molecule has 3 heterocycles. The van der Waals surface area contributed by atoms with Gasteiger partial charge >= 0.3 is 0 Å². The zero-order chi connectivity index (χ0) is 22.5. The Kier molecular flexibility index (Phi) is 4.62. The van der Waals surface area contributed by atoms with E-state index in [2.05, 4.69) is 10.5 Å². The first-order valence-corrected chi connectivity index (χ1v) is 11.8. The first kappa shape index (κ1) is 19.9. The quantitative estimate of drug-likeness (QED) is 0.424. The van der Waals surface area contributed by atoms with E-state index in [1.54, 1.807) is 6.07 Å². The Hall–Kier alpha value is -3.78. The van der Waals surface area contributed by atoms with Crippen molar-refractivity contribution in [2.75, 3.05) is 5.43 Å². The summed E-state index contributed by atoms with van der Waals surface area (Å²) in [5.74, 6) is 0.486. The third kappa shape index (κ3) is 3.25. The highest BCUT2D eigenvalue weighted by Crippen LogP contribution is 2.35. The number of aromatic nitrogens is 4. The largest absolute Gasteiger partial charge is 0.280 e. The predicted octanol–water partition coefficient (Wildman–Crippen LogP) is 4.76. The maximum Gasteiger partial charge on any atom is 0.280 e. The normalized spacial score (nSPS) is 14.0. The molecule has 0 bridgehead atoms. The van der Waals surface area contributed by atoms with E-state index in [1.807, 2.05) is 66.2 Å². The lowest BCUT2D eigenvalue weighted by atomic mass is 9.84. The molecule has 0 saturated heterocycles. The zero-order valence-corrected chi connectivity index (χ0v) is 18.8. The molecular weight excluding hydrogens is 434 g/mol. The number of para-hydroxylation sites is 2. The SMILES string of the molecule is Cc1nn(-c2ccccc2)c2sc(C(=O)Nn3c(C4CCC4)nc4ccccc4c3=O)cc12. The maximum absolute atomic E-state index is 13.3. The van der Waals surface area contributed by atoms with E-state index in [4.69, 9.17) is 4.98 Å². The van der Waals surface area contributed by atoms with Gasteiger partial charge in [0.25, 0.3) is 11.5 Å². The minimum absolute atomic E-state index is 0.180. The zero-order valence-electron chi connectivity index (χ0n) is 18.0. The molecular formula is C25H21N5O2S. The second kappa shape index (κ2) is 7.67. The molecule has 0 spiro atoms. The average molecular weight is 456 g/mol. The van der Waals surface area contributed by atoms with Gasteiger partial charge in [-0.1, -0.05) is 36.8 Å². The molecule has 0 aliphatic heterocycles. The molecule has 8 heteroatoms. The van der Waals surface area contributed by atoms with Crippen molar-refractivity contribution in [1.82, 2.24) is 19.4 Å². The molecule has 1 fully saturated rings. The van der Waals surface area contributed by atoms with Gasteiger partial charge in [0, 0.05) is 11.3 Å². The summed E-state index contributed by atoms with van der Waals surface area (Å²) in [5.41, 5.74) is 5.05. The number of nitrogens with one attached hydrogen (secondary N) is 1. The van der Waals surface area contributed by atoms with E-state index in [9.17, 15) is 9.59 Å². The van der Waals surface area contributed by atoms with Crippen molar-refractivity contribution in [3.8, 4) is 5.69 Å². The fourth-order valence-electron chi connectivity index (χ4n) is 4.26. The van der Waals surface area contributed by atoms with Gasteiger partial charge in [-0.3, -0.25) is 15.0 Å². The van der Waals surface area contributed by atoms with Crippen LogP contribution in [0.15, 0.2) is 65.5 Å². The van der Waals surface area contributed by atoms with Gasteiger partial charge in [0.15, 0.2) is 0 Å². The summed E-state index contributed by atoms with van der Waals surface area (Å²) < 4.78 is 3.21. The second-order valence-corrected chi connectivity index (χ2v) is 9.39. The Morgan fingerprint density at radius 2 is 1.82 bits per heavy atom. The van der Waals surface area contributed by atoms with Gasteiger partial charge in [0.05, 0.1) is 27.2 Å². The monoisotopic (exact) mass is 455 g/mol. The molecule has 0 unspecified atom stereocenters. The number of hydrogen-bond donors (Lipinski definition) is 1. The molecule has 1 aliphatic rings. The summed E-state index contributed by atoms with van der Waals surface area (Å²) in [5, 5.41) is 6.06. The van der Waals surface area contributed by atoms with Crippen LogP contribution >= 0.6 is 11.3 Å². The van der Waals surface area contributed by atoms with E-state index < -0.39 is 0 Å². The van der Waals surface area contributed by atoms with E-state index >= 15 is 0 Å². The maximum atomic E-state index is 13.3. The summed E-state index contributed by atoms with van der Waals surface area (Å²) in [6.07, 6.45) is 3.04. The molecule has 33 heavy (non-hydrogen) atoms. The molecule has 2 aromatic carbocycles. The topological polar surface area (TPSA) is 81.8 Å². The fourth-order valence-corrected chi connectivity index (χ4v) is 5.33. The van der Waals surface area contributed by atoms with E-state index in [0.717, 1.165) is 40.9 Å². The van der Waals surface area contributed by atoms with Gasteiger partial charge < -0.3 is 0 Å². The van der Waals surface area contributed by atoms with Crippen molar-refractivity contribution in [3.05, 3.63) is 87.4 Å². The van der Waals surface area contributed by atoms with Gasteiger partial charge in [-0.15, -0.1) is 11.3 Å². The summed E-state index contributed by atoms with van der Waals surface area (Å²) in [6, 6.07) is 19.0. The van der Waals surface area contributed by atoms with Crippen LogP contribution in [0.25, 0.3) is 26.8 Å². The van der Waals surface area contributed by atoms with Crippen LogP contribution in [0.2, 0.25) is 0 Å². The van der Waals surface area contributed by atoms with E-state index in [1.165, 1.54) is 16.0 Å². The molecule has 5 aromatic rings. The van der Waals surface area contributed by atoms with Crippen molar-refractivity contribution >= 4 is 38.4 Å². The van der Waals surface area contributed by atoms with Gasteiger partial charge in [-0.25, -0.2) is 14.3 Å². The lowest BCUT2D eigenvalue weighted by Crippen LogP contribution is -2.38. The number of rotatable bonds is 4. The standard InChI is InChI=1S/C25H21N5O2S/c1-15-19-14-21(33-25(19)29(27-15)17-10-3-2-4-11-17)23(31)28-30-22(16-8-7-9-16)26-20-13-6-5-12-18(20)24(30)32/h2-6,10-14,16H,7-9H2,1H3,(H,28,31). The molecule has 6 rings (SSSR count). The van der Waals surface area contributed by atoms with Crippen LogP contribution in [0.5, 0.6) is 0 Å². The number of carbonyl (C=O) groups excluding carboxylic acids is 1. The van der Waals surface area contributed by atoms with Gasteiger partial charge in [0.2, 0.25) is 0 Å². The van der Waals surface area contributed by atoms with Crippen LogP contribution in [-0.4, -0.2) is 25.3 Å². The molecule has 1 amide bonds. The summed E-state index contributed by atoms with van der Waals surface area (Å²) in [7, 11) is 0. The number of nitrogens with zero attached hydrogens (tertiary/aromatic N) is 4. The lowest BCUT2D eigenvalue weighted by molar-refractivity contribution is 0.101. The molecule has 1 saturated carbocycles. The second-order valence-electron chi connectivity index (χ2n) is 8.36. The van der Waals surface area contributed by atoms with Crippen molar-refractivity contribution in [3.63, 3.8) is 0 Å². The van der Waals surface area contributed by atoms with Crippen LogP contribution in [0.4, 0.5) is 0 Å². The number of hydrogen-bond acceptors (Lipinski definition) is 5. The Labute approximate surface area is 193 Å². The molecule has 164 valence electrons. The third-order valence-electron chi connectivity index (χ3n) is 6.25. The smallest absolute Gasteiger partial charge is 0.267 e. The van der Waals surface area contributed by atoms with Gasteiger partial charge in [-0.05, 0) is 50.1 Å². The Morgan fingerprint density at radius 3 is 2.58 bits per heavy atom. The molecule has 1 N–H and O–H groups in total. The number of thiophene rings is 1. The minimum atomic E-state index is -0.324. The van der Waals surface area contributed by atoms with Crippen molar-refractivity contribution in [1.29, 1.82) is 0 Å². The number of fused-ring (bicyclic) bond motifs is 2. The van der Waals surface area contributed by atoms with Crippen molar-refractivity contribution in [2.24, 2.45) is 0 Å². The molecule has 0 radical (unpaired) electrons. The van der Waals surface area contributed by atoms with Crippen molar-refractivity contribution < 1.29 is 4.79 Å². The van der Waals surface area contributed by atoms with Gasteiger partial charge in [-0.2, -0.15) is 5.10 Å². The van der Waals surface area contributed by atoms with Crippen molar-refractivity contribution in [2.45, 2.75) is 32.1 Å². The highest BCUT2D eigenvalue weighted by atomic mass is 32.1. The molecule has 7 nitrogen and oxygen atoms in total. The van der Waals surface area contributed by atoms with Crippen LogP contribution in [0.3, 0.4) is 0 Å². The Bertz CT molecular complexity index is 1580. The average Bonchev–Trinajstić information content (AvgIpc) is 3.36. The van der Waals surface area contributed by atoms with E-state index in [-0.39, 0.29) is 17.4 Å². The van der Waals surface area contributed by atoms with Crippen LogP contribution in [-0.2, 0) is 0 Å². The minimum Gasteiger partial charge on any atom is -0.267 e. The lowest BCUT2D eigenvalue weighted by Gasteiger charge is -2.27. The highest BCUT2D eigenvalue weighted by molar-refractivity contribution is 7.20. The Balaban J connectivity index is 1.42. The summed E-state index contributed by atoms with van der Waals surface area (Å²) >= 11 is 1.36. The molecule has 3 aromatic heterocycles. The molecule has 0 atom stereocenters. The highest BCUT2D eigenvalue weighted by Gasteiger charge is 2.27. The van der Waals surface area contributed by atoms with E-state index in [0.29, 0.717) is 21.6 Å². The van der Waals surface area contributed by atoms with Crippen LogP contribution < -0.4 is 11.0 Å². The van der Waals surface area contributed by atoms with Gasteiger partial charge in [0.1, 0.15) is 10.7 Å². The number of carbonyl (C=O) groups is 1. The predicted molar refractivity (Wildman–Crippen MR) is 130 cm³/mol. The van der Waals surface area contributed by atoms with Crippen LogP contribution in [0, 0.1) is 6.92 Å². The fraction of sp³-hybridized carbons (Fsp3) is 0.200. The number of amides is 1. The summed E-state index contributed by atoms with van der Waals surface area (Å²) in [4.78, 5) is 32.7. The number of aryl methyl sites for hydroxylation is 1. The summed E-state index contributed by atoms with van der Waals surface area (Å²) in [6.45, 7) is 1.93. The number of benzene rings is 2. The molecule has 1 aliphatic carbocycles. The van der Waals surface area contributed by atoms with Crippen LogP contribution in [0.1, 0.15) is 46.4 Å². The third-order valence-corrected chi connectivity index (χ3v) is 7.36. The first-order chi connectivity index (χ1) is 16.1. The first-order valence-electron chi connectivity index (χ1n) is 11.0.